The topological polar surface area (TPSA) is 66.8 Å². The molecule has 0 spiro atoms. The first kappa shape index (κ1) is 28.9. The van der Waals surface area contributed by atoms with Gasteiger partial charge in [-0.3, -0.25) is 4.79 Å². The van der Waals surface area contributed by atoms with E-state index in [1.807, 2.05) is 85.8 Å². The van der Waals surface area contributed by atoms with Gasteiger partial charge in [0.15, 0.2) is 0 Å². The lowest BCUT2D eigenvalue weighted by Gasteiger charge is -2.47. The maximum Gasteiger partial charge on any atom is 0.326 e. The second-order valence-corrected chi connectivity index (χ2v) is 11.1. The number of rotatable bonds is 9. The van der Waals surface area contributed by atoms with Crippen molar-refractivity contribution in [3.8, 4) is 11.1 Å². The molecule has 4 aromatic carbocycles. The van der Waals surface area contributed by atoms with E-state index in [2.05, 4.69) is 0 Å². The Bertz CT molecular complexity index is 1470. The molecule has 0 saturated carbocycles. The van der Waals surface area contributed by atoms with Crippen molar-refractivity contribution in [2.45, 2.75) is 50.5 Å². The molecular formula is C34H31Cl2NO4. The number of carboxylic acids is 1. The van der Waals surface area contributed by atoms with Gasteiger partial charge in [-0.1, -0.05) is 115 Å². The van der Waals surface area contributed by atoms with Crippen LogP contribution in [0.1, 0.15) is 48.6 Å². The van der Waals surface area contributed by atoms with Crippen molar-refractivity contribution in [2.24, 2.45) is 0 Å². The fourth-order valence-electron chi connectivity index (χ4n) is 5.48. The zero-order valence-corrected chi connectivity index (χ0v) is 24.1. The van der Waals surface area contributed by atoms with E-state index in [1.54, 1.807) is 24.3 Å². The third kappa shape index (κ3) is 6.48. The molecule has 0 aliphatic carbocycles. The number of carbonyl (C=O) groups is 2. The second-order valence-electron chi connectivity index (χ2n) is 10.2. The van der Waals surface area contributed by atoms with Crippen LogP contribution in [-0.4, -0.2) is 34.0 Å². The van der Waals surface area contributed by atoms with Gasteiger partial charge in [-0.15, -0.1) is 0 Å². The minimum atomic E-state index is -1.04. The molecule has 1 aliphatic heterocycles. The zero-order chi connectivity index (χ0) is 28.9. The van der Waals surface area contributed by atoms with Gasteiger partial charge in [0.25, 0.3) is 5.91 Å². The van der Waals surface area contributed by atoms with Crippen LogP contribution in [0, 0.1) is 0 Å². The summed E-state index contributed by atoms with van der Waals surface area (Å²) in [5, 5.41) is 11.4. The van der Waals surface area contributed by atoms with Gasteiger partial charge in [0, 0.05) is 16.5 Å². The standard InChI is InChI=1S/C34H31Cl2NO4/c1-2-6-29(34(39)40)37-31(25-13-17-27(35)18-14-25)32(26-15-19-28(36)20-16-26)41-30(33(37)38)21-22-9-11-24(12-10-22)23-7-4-3-5-8-23/h3-5,7-20,29-32H,2,6,21H2,1H3,(H,39,40)/t29-,30+,31-,32+/m1/s1. The summed E-state index contributed by atoms with van der Waals surface area (Å²) in [7, 11) is 0. The Morgan fingerprint density at radius 1 is 0.829 bits per heavy atom. The van der Waals surface area contributed by atoms with E-state index in [1.165, 1.54) is 4.90 Å². The van der Waals surface area contributed by atoms with Gasteiger partial charge in [-0.05, 0) is 58.5 Å². The van der Waals surface area contributed by atoms with Crippen LogP contribution in [0.25, 0.3) is 11.1 Å². The highest BCUT2D eigenvalue weighted by Gasteiger charge is 2.48. The Morgan fingerprint density at radius 3 is 1.95 bits per heavy atom. The minimum absolute atomic E-state index is 0.306. The fraction of sp³-hybridized carbons (Fsp3) is 0.235. The normalized spacial score (nSPS) is 19.6. The van der Waals surface area contributed by atoms with Crippen LogP contribution in [0.5, 0.6) is 0 Å². The number of amides is 1. The molecule has 0 aromatic heterocycles. The molecule has 4 atom stereocenters. The predicted octanol–water partition coefficient (Wildman–Crippen LogP) is 8.17. The maximum absolute atomic E-state index is 14.2. The highest BCUT2D eigenvalue weighted by molar-refractivity contribution is 6.30. The molecule has 0 radical (unpaired) electrons. The largest absolute Gasteiger partial charge is 0.480 e. The summed E-state index contributed by atoms with van der Waals surface area (Å²) in [5.41, 5.74) is 4.65. The monoisotopic (exact) mass is 587 g/mol. The van der Waals surface area contributed by atoms with Gasteiger partial charge >= 0.3 is 5.97 Å². The molecule has 0 unspecified atom stereocenters. The van der Waals surface area contributed by atoms with E-state index < -0.39 is 30.3 Å². The average Bonchev–Trinajstić information content (AvgIpc) is 2.99. The highest BCUT2D eigenvalue weighted by Crippen LogP contribution is 2.44. The Balaban J connectivity index is 1.55. The summed E-state index contributed by atoms with van der Waals surface area (Å²) >= 11 is 12.4. The third-order valence-electron chi connectivity index (χ3n) is 7.50. The van der Waals surface area contributed by atoms with E-state index in [0.717, 1.165) is 27.8 Å². The zero-order valence-electron chi connectivity index (χ0n) is 22.6. The fourth-order valence-corrected chi connectivity index (χ4v) is 5.74. The molecule has 5 nitrogen and oxygen atoms in total. The Kier molecular flexibility index (Phi) is 9.09. The molecule has 1 heterocycles. The lowest BCUT2D eigenvalue weighted by atomic mass is 9.88. The average molecular weight is 589 g/mol. The number of halogens is 2. The van der Waals surface area contributed by atoms with Crippen LogP contribution >= 0.6 is 23.2 Å². The maximum atomic E-state index is 14.2. The van der Waals surface area contributed by atoms with E-state index in [4.69, 9.17) is 27.9 Å². The number of carboxylic acid groups (broad SMARTS) is 1. The van der Waals surface area contributed by atoms with Crippen LogP contribution < -0.4 is 0 Å². The van der Waals surface area contributed by atoms with Gasteiger partial charge in [-0.25, -0.2) is 4.79 Å². The molecule has 1 aliphatic rings. The molecule has 1 N–H and O–H groups in total. The molecule has 41 heavy (non-hydrogen) atoms. The molecule has 4 aromatic rings. The van der Waals surface area contributed by atoms with Crippen molar-refractivity contribution >= 4 is 35.1 Å². The number of hydrogen-bond donors (Lipinski definition) is 1. The first-order valence-electron chi connectivity index (χ1n) is 13.7. The number of nitrogens with zero attached hydrogens (tertiary/aromatic N) is 1. The SMILES string of the molecule is CCC[C@H](C(=O)O)N1C(=O)[C@H](Cc2ccc(-c3ccccc3)cc2)O[C@@H](c2ccc(Cl)cc2)[C@H]1c1ccc(Cl)cc1. The lowest BCUT2D eigenvalue weighted by Crippen LogP contribution is -2.57. The highest BCUT2D eigenvalue weighted by atomic mass is 35.5. The molecular weight excluding hydrogens is 557 g/mol. The van der Waals surface area contributed by atoms with Crippen LogP contribution in [0.3, 0.4) is 0 Å². The number of ether oxygens (including phenoxy) is 1. The second kappa shape index (κ2) is 12.9. The summed E-state index contributed by atoms with van der Waals surface area (Å²) in [4.78, 5) is 28.4. The van der Waals surface area contributed by atoms with Gasteiger partial charge in [0.2, 0.25) is 0 Å². The number of morpholine rings is 1. The smallest absolute Gasteiger partial charge is 0.326 e. The number of carbonyl (C=O) groups excluding carboxylic acids is 1. The third-order valence-corrected chi connectivity index (χ3v) is 8.01. The number of hydrogen-bond acceptors (Lipinski definition) is 3. The van der Waals surface area contributed by atoms with E-state index in [-0.39, 0.29) is 5.91 Å². The summed E-state index contributed by atoms with van der Waals surface area (Å²) < 4.78 is 6.62. The molecule has 7 heteroatoms. The van der Waals surface area contributed by atoms with Crippen molar-refractivity contribution in [1.29, 1.82) is 0 Å². The van der Waals surface area contributed by atoms with Crippen LogP contribution in [0.4, 0.5) is 0 Å². The first-order valence-corrected chi connectivity index (χ1v) is 14.5. The Labute approximate surface area is 250 Å². The number of benzene rings is 4. The molecule has 1 fully saturated rings. The summed E-state index contributed by atoms with van der Waals surface area (Å²) in [6, 6.07) is 30.8. The Hall–Kier alpha value is -3.64. The van der Waals surface area contributed by atoms with Crippen molar-refractivity contribution in [1.82, 2.24) is 4.90 Å². The van der Waals surface area contributed by atoms with E-state index in [0.29, 0.717) is 29.3 Å². The summed E-state index contributed by atoms with van der Waals surface area (Å²) in [6.45, 7) is 1.92. The summed E-state index contributed by atoms with van der Waals surface area (Å²) in [6.07, 6.45) is -0.275. The van der Waals surface area contributed by atoms with E-state index in [9.17, 15) is 14.7 Å². The van der Waals surface area contributed by atoms with Crippen LogP contribution in [-0.2, 0) is 20.7 Å². The summed E-state index contributed by atoms with van der Waals surface area (Å²) in [5.74, 6) is -1.38. The van der Waals surface area contributed by atoms with Crippen LogP contribution in [0.15, 0.2) is 103 Å². The number of aliphatic carboxylic acids is 1. The predicted molar refractivity (Wildman–Crippen MR) is 162 cm³/mol. The van der Waals surface area contributed by atoms with Crippen molar-refractivity contribution in [3.63, 3.8) is 0 Å². The van der Waals surface area contributed by atoms with E-state index >= 15 is 0 Å². The van der Waals surface area contributed by atoms with Crippen LogP contribution in [0.2, 0.25) is 10.0 Å². The molecule has 0 bridgehead atoms. The Morgan fingerprint density at radius 2 is 1.39 bits per heavy atom. The van der Waals surface area contributed by atoms with Crippen molar-refractivity contribution in [3.05, 3.63) is 130 Å². The molecule has 1 amide bonds. The van der Waals surface area contributed by atoms with Gasteiger partial charge in [-0.2, -0.15) is 0 Å². The molecule has 210 valence electrons. The van der Waals surface area contributed by atoms with Gasteiger partial charge < -0.3 is 14.7 Å². The lowest BCUT2D eigenvalue weighted by molar-refractivity contribution is -0.184. The van der Waals surface area contributed by atoms with Gasteiger partial charge in [0.05, 0.1) is 6.04 Å². The van der Waals surface area contributed by atoms with Crippen molar-refractivity contribution < 1.29 is 19.4 Å². The van der Waals surface area contributed by atoms with Crippen molar-refractivity contribution in [2.75, 3.05) is 0 Å². The van der Waals surface area contributed by atoms with Gasteiger partial charge in [0.1, 0.15) is 18.2 Å². The molecule has 1 saturated heterocycles. The first-order chi connectivity index (χ1) is 19.9. The minimum Gasteiger partial charge on any atom is -0.480 e. The quantitative estimate of drug-likeness (QED) is 0.214. The molecule has 5 rings (SSSR count).